The highest BCUT2D eigenvalue weighted by atomic mass is 35.5. The van der Waals surface area contributed by atoms with E-state index in [0.29, 0.717) is 6.10 Å². The molecule has 1 aromatic rings. The largest absolute Gasteiger partial charge is 0.378 e. The lowest BCUT2D eigenvalue weighted by atomic mass is 10.2. The molecule has 1 aromatic heterocycles. The van der Waals surface area contributed by atoms with Crippen molar-refractivity contribution < 1.29 is 4.74 Å². The van der Waals surface area contributed by atoms with Gasteiger partial charge >= 0.3 is 0 Å². The second-order valence-corrected chi connectivity index (χ2v) is 3.23. The Morgan fingerprint density at radius 2 is 2.58 bits per heavy atom. The van der Waals surface area contributed by atoms with Crippen molar-refractivity contribution in [2.45, 2.75) is 25.4 Å². The minimum atomic E-state index is 0.281. The van der Waals surface area contributed by atoms with Crippen LogP contribution in [0.3, 0.4) is 0 Å². The second-order valence-electron chi connectivity index (χ2n) is 2.89. The van der Waals surface area contributed by atoms with E-state index < -0.39 is 0 Å². The van der Waals surface area contributed by atoms with Gasteiger partial charge in [-0.05, 0) is 24.4 Å². The highest BCUT2D eigenvalue weighted by Crippen LogP contribution is 2.15. The molecule has 12 heavy (non-hydrogen) atoms. The summed E-state index contributed by atoms with van der Waals surface area (Å²) in [5.41, 5.74) is 0. The predicted octanol–water partition coefficient (Wildman–Crippen LogP) is 1.18. The molecule has 0 aliphatic carbocycles. The van der Waals surface area contributed by atoms with Gasteiger partial charge in [0.1, 0.15) is 5.82 Å². The summed E-state index contributed by atoms with van der Waals surface area (Å²) in [7, 11) is 0. The molecule has 66 valence electrons. The molecular weight excluding hydrogens is 178 g/mol. The third kappa shape index (κ3) is 1.76. The molecule has 4 nitrogen and oxygen atoms in total. The third-order valence-corrected chi connectivity index (χ3v) is 2.12. The maximum absolute atomic E-state index is 5.55. The van der Waals surface area contributed by atoms with Crippen molar-refractivity contribution in [2.24, 2.45) is 0 Å². The molecule has 1 aliphatic rings. The first kappa shape index (κ1) is 8.01. The minimum Gasteiger partial charge on any atom is -0.378 e. The van der Waals surface area contributed by atoms with Gasteiger partial charge in [0.05, 0.1) is 6.10 Å². The van der Waals surface area contributed by atoms with Crippen molar-refractivity contribution in [3.8, 4) is 0 Å². The van der Waals surface area contributed by atoms with E-state index in [1.807, 2.05) is 0 Å². The Bertz CT molecular complexity index is 257. The fraction of sp³-hybridized carbons (Fsp3) is 0.714. The molecule has 0 amide bonds. The number of H-pyrrole nitrogens is 1. The van der Waals surface area contributed by atoms with Crippen LogP contribution in [-0.4, -0.2) is 27.9 Å². The first-order valence-electron chi connectivity index (χ1n) is 4.03. The van der Waals surface area contributed by atoms with E-state index in [-0.39, 0.29) is 5.28 Å². The van der Waals surface area contributed by atoms with Crippen molar-refractivity contribution in [3.63, 3.8) is 0 Å². The highest BCUT2D eigenvalue weighted by Gasteiger charge is 2.17. The molecule has 0 spiro atoms. The minimum absolute atomic E-state index is 0.281. The van der Waals surface area contributed by atoms with Gasteiger partial charge in [-0.1, -0.05) is 0 Å². The molecule has 2 rings (SSSR count). The molecule has 0 saturated carbocycles. The monoisotopic (exact) mass is 187 g/mol. The summed E-state index contributed by atoms with van der Waals surface area (Å²) < 4.78 is 5.44. The molecule has 0 radical (unpaired) electrons. The topological polar surface area (TPSA) is 50.8 Å². The van der Waals surface area contributed by atoms with Crippen molar-refractivity contribution >= 4 is 11.6 Å². The standard InChI is InChI=1S/C7H10ClN3O/c8-7-9-6(10-11-7)4-5-2-1-3-12-5/h5H,1-4H2,(H,9,10,11). The van der Waals surface area contributed by atoms with Crippen LogP contribution in [0.1, 0.15) is 18.7 Å². The fourth-order valence-electron chi connectivity index (χ4n) is 1.38. The zero-order valence-corrected chi connectivity index (χ0v) is 7.34. The summed E-state index contributed by atoms with van der Waals surface area (Å²) in [6, 6.07) is 0. The Balaban J connectivity index is 1.94. The molecule has 0 bridgehead atoms. The number of rotatable bonds is 2. The van der Waals surface area contributed by atoms with E-state index in [9.17, 15) is 0 Å². The third-order valence-electron chi connectivity index (χ3n) is 1.95. The number of hydrogen-bond acceptors (Lipinski definition) is 3. The Hall–Kier alpha value is -0.610. The summed E-state index contributed by atoms with van der Waals surface area (Å²) in [6.07, 6.45) is 3.35. The van der Waals surface area contributed by atoms with Crippen LogP contribution >= 0.6 is 11.6 Å². The van der Waals surface area contributed by atoms with Gasteiger partial charge < -0.3 is 4.74 Å². The summed E-state index contributed by atoms with van der Waals surface area (Å²) >= 11 is 5.55. The van der Waals surface area contributed by atoms with Gasteiger partial charge in [-0.15, -0.1) is 5.10 Å². The lowest BCUT2D eigenvalue weighted by Gasteiger charge is -2.04. The zero-order valence-electron chi connectivity index (χ0n) is 6.59. The van der Waals surface area contributed by atoms with E-state index in [0.717, 1.165) is 31.7 Å². The van der Waals surface area contributed by atoms with Crippen LogP contribution in [0.2, 0.25) is 5.28 Å². The SMILES string of the molecule is Clc1n[nH]c(CC2CCCO2)n1. The summed E-state index contributed by atoms with van der Waals surface area (Å²) in [5, 5.41) is 6.77. The van der Waals surface area contributed by atoms with Crippen LogP contribution in [0.15, 0.2) is 0 Å². The number of hydrogen-bond donors (Lipinski definition) is 1. The van der Waals surface area contributed by atoms with E-state index in [2.05, 4.69) is 15.2 Å². The van der Waals surface area contributed by atoms with Gasteiger partial charge in [-0.3, -0.25) is 5.10 Å². The molecule has 1 atom stereocenters. The molecule has 1 unspecified atom stereocenters. The molecule has 0 aromatic carbocycles. The van der Waals surface area contributed by atoms with E-state index >= 15 is 0 Å². The fourth-order valence-corrected chi connectivity index (χ4v) is 1.53. The first-order valence-corrected chi connectivity index (χ1v) is 4.41. The summed E-state index contributed by atoms with van der Waals surface area (Å²) in [4.78, 5) is 3.99. The van der Waals surface area contributed by atoms with Gasteiger partial charge in [-0.2, -0.15) is 0 Å². The molecule has 2 heterocycles. The van der Waals surface area contributed by atoms with Crippen LogP contribution in [0.4, 0.5) is 0 Å². The van der Waals surface area contributed by atoms with Gasteiger partial charge in [0.15, 0.2) is 0 Å². The quantitative estimate of drug-likeness (QED) is 0.757. The van der Waals surface area contributed by atoms with Crippen LogP contribution in [0.5, 0.6) is 0 Å². The smallest absolute Gasteiger partial charge is 0.242 e. The molecule has 1 N–H and O–H groups in total. The van der Waals surface area contributed by atoms with E-state index in [1.165, 1.54) is 0 Å². The highest BCUT2D eigenvalue weighted by molar-refractivity contribution is 6.28. The van der Waals surface area contributed by atoms with Crippen molar-refractivity contribution in [2.75, 3.05) is 6.61 Å². The number of aromatic amines is 1. The average molecular weight is 188 g/mol. The number of ether oxygens (including phenoxy) is 1. The normalized spacial score (nSPS) is 23.2. The van der Waals surface area contributed by atoms with Gasteiger partial charge in [-0.25, -0.2) is 4.98 Å². The first-order chi connectivity index (χ1) is 5.84. The lowest BCUT2D eigenvalue weighted by Crippen LogP contribution is -2.09. The van der Waals surface area contributed by atoms with Crippen molar-refractivity contribution in [1.29, 1.82) is 0 Å². The maximum Gasteiger partial charge on any atom is 0.242 e. The van der Waals surface area contributed by atoms with Crippen molar-refractivity contribution in [3.05, 3.63) is 11.1 Å². The molecular formula is C7H10ClN3O. The Labute approximate surface area is 75.3 Å². The molecule has 5 heteroatoms. The predicted molar refractivity (Wildman–Crippen MR) is 44.1 cm³/mol. The number of nitrogens with zero attached hydrogens (tertiary/aromatic N) is 2. The second kappa shape index (κ2) is 3.41. The van der Waals surface area contributed by atoms with Gasteiger partial charge in [0.25, 0.3) is 0 Å². The lowest BCUT2D eigenvalue weighted by molar-refractivity contribution is 0.110. The maximum atomic E-state index is 5.55. The summed E-state index contributed by atoms with van der Waals surface area (Å²) in [6.45, 7) is 0.868. The van der Waals surface area contributed by atoms with E-state index in [1.54, 1.807) is 0 Å². The van der Waals surface area contributed by atoms with Crippen LogP contribution in [0, 0.1) is 0 Å². The van der Waals surface area contributed by atoms with Crippen LogP contribution in [-0.2, 0) is 11.2 Å². The Morgan fingerprint density at radius 3 is 3.17 bits per heavy atom. The number of nitrogens with one attached hydrogen (secondary N) is 1. The van der Waals surface area contributed by atoms with Gasteiger partial charge in [0, 0.05) is 13.0 Å². The van der Waals surface area contributed by atoms with Crippen LogP contribution < -0.4 is 0 Å². The van der Waals surface area contributed by atoms with Crippen molar-refractivity contribution in [1.82, 2.24) is 15.2 Å². The molecule has 1 saturated heterocycles. The molecule has 1 fully saturated rings. The average Bonchev–Trinajstić information content (AvgIpc) is 2.63. The number of aromatic nitrogens is 3. The Morgan fingerprint density at radius 1 is 1.67 bits per heavy atom. The zero-order chi connectivity index (χ0) is 8.39. The summed E-state index contributed by atoms with van der Waals surface area (Å²) in [5.74, 6) is 0.812. The van der Waals surface area contributed by atoms with Crippen LogP contribution in [0.25, 0.3) is 0 Å². The molecule has 1 aliphatic heterocycles. The Kier molecular flexibility index (Phi) is 2.28. The number of halogens is 1. The van der Waals surface area contributed by atoms with Gasteiger partial charge in [0.2, 0.25) is 5.28 Å². The van der Waals surface area contributed by atoms with E-state index in [4.69, 9.17) is 16.3 Å².